The largest absolute Gasteiger partial charge is 0.492 e. The Hall–Kier alpha value is -2.33. The fourth-order valence-electron chi connectivity index (χ4n) is 3.95. The highest BCUT2D eigenvalue weighted by Gasteiger charge is 2.20. The molecular formula is C22H26N2O2. The van der Waals surface area contributed by atoms with E-state index >= 15 is 0 Å². The van der Waals surface area contributed by atoms with Crippen LogP contribution in [-0.2, 0) is 17.6 Å². The summed E-state index contributed by atoms with van der Waals surface area (Å²) in [6, 6.07) is 16.7. The number of carbonyl (C=O) groups excluding carboxylic acids is 1. The standard InChI is InChI=1S/C22H26N2O2/c25-22-16-19-15-20(6-7-21(19)23-22)26-13-12-24-10-8-18(9-11-24)14-17-4-2-1-3-5-17/h1-7,15,18H,8-14,16H2,(H,23,25). The number of piperidine rings is 1. The van der Waals surface area contributed by atoms with Gasteiger partial charge in [-0.3, -0.25) is 9.69 Å². The Bertz CT molecular complexity index is 752. The van der Waals surface area contributed by atoms with Crippen LogP contribution in [0.25, 0.3) is 0 Å². The van der Waals surface area contributed by atoms with E-state index in [4.69, 9.17) is 4.74 Å². The van der Waals surface area contributed by atoms with Gasteiger partial charge in [-0.2, -0.15) is 0 Å². The highest BCUT2D eigenvalue weighted by atomic mass is 16.5. The predicted molar refractivity (Wildman–Crippen MR) is 104 cm³/mol. The van der Waals surface area contributed by atoms with Crippen LogP contribution in [-0.4, -0.2) is 37.0 Å². The molecule has 1 saturated heterocycles. The van der Waals surface area contributed by atoms with Crippen molar-refractivity contribution in [1.82, 2.24) is 4.90 Å². The van der Waals surface area contributed by atoms with Crippen molar-refractivity contribution < 1.29 is 9.53 Å². The van der Waals surface area contributed by atoms with Crippen LogP contribution in [0.4, 0.5) is 5.69 Å². The summed E-state index contributed by atoms with van der Waals surface area (Å²) in [6.07, 6.45) is 4.19. The van der Waals surface area contributed by atoms with Crippen molar-refractivity contribution in [2.45, 2.75) is 25.7 Å². The summed E-state index contributed by atoms with van der Waals surface area (Å²) in [6.45, 7) is 3.97. The van der Waals surface area contributed by atoms with Gasteiger partial charge in [0.05, 0.1) is 6.42 Å². The Labute approximate surface area is 155 Å². The van der Waals surface area contributed by atoms with Gasteiger partial charge in [-0.1, -0.05) is 30.3 Å². The van der Waals surface area contributed by atoms with E-state index in [2.05, 4.69) is 40.5 Å². The van der Waals surface area contributed by atoms with Crippen LogP contribution < -0.4 is 10.1 Å². The van der Waals surface area contributed by atoms with Crippen molar-refractivity contribution in [3.63, 3.8) is 0 Å². The monoisotopic (exact) mass is 350 g/mol. The Morgan fingerprint density at radius 3 is 2.69 bits per heavy atom. The summed E-state index contributed by atoms with van der Waals surface area (Å²) in [5.74, 6) is 1.73. The molecule has 0 saturated carbocycles. The average molecular weight is 350 g/mol. The van der Waals surface area contributed by atoms with Gasteiger partial charge in [-0.05, 0) is 67.6 Å². The number of benzene rings is 2. The number of hydrogen-bond donors (Lipinski definition) is 1. The molecule has 26 heavy (non-hydrogen) atoms. The maximum Gasteiger partial charge on any atom is 0.228 e. The second-order valence-electron chi connectivity index (χ2n) is 7.37. The lowest BCUT2D eigenvalue weighted by molar-refractivity contribution is -0.115. The maximum atomic E-state index is 11.4. The SMILES string of the molecule is O=C1Cc2cc(OCCN3CCC(Cc4ccccc4)CC3)ccc2N1. The number of ether oxygens (including phenoxy) is 1. The zero-order valence-corrected chi connectivity index (χ0v) is 15.1. The lowest BCUT2D eigenvalue weighted by Crippen LogP contribution is -2.37. The van der Waals surface area contributed by atoms with Crippen molar-refractivity contribution in [3.8, 4) is 5.75 Å². The molecule has 1 N–H and O–H groups in total. The fourth-order valence-corrected chi connectivity index (χ4v) is 3.95. The summed E-state index contributed by atoms with van der Waals surface area (Å²) in [7, 11) is 0. The molecule has 1 fully saturated rings. The predicted octanol–water partition coefficient (Wildman–Crippen LogP) is 3.51. The van der Waals surface area contributed by atoms with Gasteiger partial charge in [0.25, 0.3) is 0 Å². The van der Waals surface area contributed by atoms with Crippen molar-refractivity contribution in [2.75, 3.05) is 31.6 Å². The summed E-state index contributed by atoms with van der Waals surface area (Å²) in [4.78, 5) is 13.9. The number of nitrogens with one attached hydrogen (secondary N) is 1. The van der Waals surface area contributed by atoms with E-state index < -0.39 is 0 Å². The highest BCUT2D eigenvalue weighted by Crippen LogP contribution is 2.27. The molecule has 2 aliphatic heterocycles. The van der Waals surface area contributed by atoms with E-state index in [1.54, 1.807) is 0 Å². The summed E-state index contributed by atoms with van der Waals surface area (Å²) in [5.41, 5.74) is 3.41. The van der Waals surface area contributed by atoms with Gasteiger partial charge >= 0.3 is 0 Å². The number of hydrogen-bond acceptors (Lipinski definition) is 3. The van der Waals surface area contributed by atoms with Crippen LogP contribution in [0, 0.1) is 5.92 Å². The summed E-state index contributed by atoms with van der Waals surface area (Å²) < 4.78 is 5.91. The van der Waals surface area contributed by atoms with Gasteiger partial charge in [-0.25, -0.2) is 0 Å². The number of likely N-dealkylation sites (tertiary alicyclic amines) is 1. The number of nitrogens with zero attached hydrogens (tertiary/aromatic N) is 1. The van der Waals surface area contributed by atoms with Gasteiger partial charge in [0.1, 0.15) is 12.4 Å². The van der Waals surface area contributed by atoms with E-state index in [0.29, 0.717) is 13.0 Å². The number of amides is 1. The topological polar surface area (TPSA) is 41.6 Å². The maximum absolute atomic E-state index is 11.4. The summed E-state index contributed by atoms with van der Waals surface area (Å²) in [5, 5.41) is 2.85. The second kappa shape index (κ2) is 7.92. The van der Waals surface area contributed by atoms with Gasteiger partial charge in [0, 0.05) is 12.2 Å². The lowest BCUT2D eigenvalue weighted by atomic mass is 9.90. The molecule has 0 unspecified atom stereocenters. The first-order valence-electron chi connectivity index (χ1n) is 9.58. The zero-order valence-electron chi connectivity index (χ0n) is 15.1. The molecule has 0 aromatic heterocycles. The van der Waals surface area contributed by atoms with Crippen molar-refractivity contribution in [3.05, 3.63) is 59.7 Å². The molecule has 136 valence electrons. The summed E-state index contributed by atoms with van der Waals surface area (Å²) >= 11 is 0. The van der Waals surface area contributed by atoms with Crippen LogP contribution in [0.5, 0.6) is 5.75 Å². The van der Waals surface area contributed by atoms with Crippen LogP contribution in [0.2, 0.25) is 0 Å². The minimum absolute atomic E-state index is 0.0653. The van der Waals surface area contributed by atoms with E-state index in [1.165, 1.54) is 24.8 Å². The van der Waals surface area contributed by atoms with Gasteiger partial charge in [0.2, 0.25) is 5.91 Å². The molecule has 4 heteroatoms. The van der Waals surface area contributed by atoms with E-state index in [-0.39, 0.29) is 5.91 Å². The molecule has 1 amide bonds. The van der Waals surface area contributed by atoms with Crippen LogP contribution in [0.1, 0.15) is 24.0 Å². The molecule has 4 rings (SSSR count). The first-order valence-corrected chi connectivity index (χ1v) is 9.58. The molecular weight excluding hydrogens is 324 g/mol. The van der Waals surface area contributed by atoms with Gasteiger partial charge < -0.3 is 10.1 Å². The number of anilines is 1. The number of carbonyl (C=O) groups is 1. The number of rotatable bonds is 6. The third kappa shape index (κ3) is 4.25. The first-order chi connectivity index (χ1) is 12.8. The van der Waals surface area contributed by atoms with Gasteiger partial charge in [0.15, 0.2) is 0 Å². The minimum atomic E-state index is 0.0653. The molecule has 0 spiro atoms. The molecule has 4 nitrogen and oxygen atoms in total. The fraction of sp³-hybridized carbons (Fsp3) is 0.409. The Balaban J connectivity index is 1.19. The molecule has 2 heterocycles. The van der Waals surface area contributed by atoms with E-state index in [1.807, 2.05) is 18.2 Å². The molecule has 0 bridgehead atoms. The quantitative estimate of drug-likeness (QED) is 0.867. The smallest absolute Gasteiger partial charge is 0.228 e. The number of fused-ring (bicyclic) bond motifs is 1. The molecule has 2 aliphatic rings. The molecule has 2 aromatic rings. The van der Waals surface area contributed by atoms with Crippen LogP contribution in [0.15, 0.2) is 48.5 Å². The Kier molecular flexibility index (Phi) is 5.21. The highest BCUT2D eigenvalue weighted by molar-refractivity contribution is 5.99. The van der Waals surface area contributed by atoms with Crippen molar-refractivity contribution >= 4 is 11.6 Å². The Morgan fingerprint density at radius 2 is 1.88 bits per heavy atom. The van der Waals surface area contributed by atoms with Crippen molar-refractivity contribution in [1.29, 1.82) is 0 Å². The minimum Gasteiger partial charge on any atom is -0.492 e. The van der Waals surface area contributed by atoms with E-state index in [0.717, 1.165) is 42.6 Å². The normalized spacial score (nSPS) is 17.8. The average Bonchev–Trinajstić information content (AvgIpc) is 3.03. The zero-order chi connectivity index (χ0) is 17.8. The molecule has 0 radical (unpaired) electrons. The molecule has 2 aromatic carbocycles. The Morgan fingerprint density at radius 1 is 1.08 bits per heavy atom. The van der Waals surface area contributed by atoms with Crippen LogP contribution >= 0.6 is 0 Å². The van der Waals surface area contributed by atoms with Crippen molar-refractivity contribution in [2.24, 2.45) is 5.92 Å². The molecule has 0 aliphatic carbocycles. The third-order valence-electron chi connectivity index (χ3n) is 5.45. The second-order valence-corrected chi connectivity index (χ2v) is 7.37. The van der Waals surface area contributed by atoms with Gasteiger partial charge in [-0.15, -0.1) is 0 Å². The first kappa shape index (κ1) is 17.1. The third-order valence-corrected chi connectivity index (χ3v) is 5.45. The molecule has 0 atom stereocenters. The van der Waals surface area contributed by atoms with E-state index in [9.17, 15) is 4.79 Å². The lowest BCUT2D eigenvalue weighted by Gasteiger charge is -2.31. The van der Waals surface area contributed by atoms with Crippen LogP contribution in [0.3, 0.4) is 0 Å².